The van der Waals surface area contributed by atoms with Crippen molar-refractivity contribution in [1.29, 1.82) is 5.26 Å². The van der Waals surface area contributed by atoms with Gasteiger partial charge in [0.1, 0.15) is 22.7 Å². The molecule has 0 saturated heterocycles. The topological polar surface area (TPSA) is 49.1 Å². The first-order valence-corrected chi connectivity index (χ1v) is 6.42. The Labute approximate surface area is 123 Å². The zero-order valence-corrected chi connectivity index (χ0v) is 12.1. The molecule has 102 valence electrons. The lowest BCUT2D eigenvalue weighted by Crippen LogP contribution is -2.18. The van der Waals surface area contributed by atoms with Gasteiger partial charge in [0, 0.05) is 25.4 Å². The van der Waals surface area contributed by atoms with Gasteiger partial charge in [-0.25, -0.2) is 4.98 Å². The first kappa shape index (κ1) is 14.2. The van der Waals surface area contributed by atoms with Crippen LogP contribution in [0, 0.1) is 11.3 Å². The number of rotatable bonds is 4. The number of nitriles is 1. The van der Waals surface area contributed by atoms with Crippen LogP contribution in [0.1, 0.15) is 11.1 Å². The summed E-state index contributed by atoms with van der Waals surface area (Å²) in [5, 5.41) is 9.36. The molecule has 0 radical (unpaired) electrons. The summed E-state index contributed by atoms with van der Waals surface area (Å²) in [5.74, 6) is 1.39. The molecule has 5 heteroatoms. The van der Waals surface area contributed by atoms with E-state index in [0.29, 0.717) is 22.9 Å². The van der Waals surface area contributed by atoms with Crippen molar-refractivity contribution in [3.05, 3.63) is 52.7 Å². The maximum Gasteiger partial charge on any atom is 0.148 e. The molecule has 20 heavy (non-hydrogen) atoms. The Morgan fingerprint density at radius 1 is 1.35 bits per heavy atom. The third-order valence-electron chi connectivity index (χ3n) is 2.95. The van der Waals surface area contributed by atoms with Crippen LogP contribution >= 0.6 is 11.6 Å². The van der Waals surface area contributed by atoms with Gasteiger partial charge in [0.25, 0.3) is 0 Å². The van der Waals surface area contributed by atoms with E-state index < -0.39 is 0 Å². The summed E-state index contributed by atoms with van der Waals surface area (Å²) in [6.07, 6.45) is 1.58. The largest absolute Gasteiger partial charge is 0.496 e. The first-order chi connectivity index (χ1) is 9.67. The van der Waals surface area contributed by atoms with Crippen LogP contribution in [0.5, 0.6) is 5.75 Å². The van der Waals surface area contributed by atoms with Gasteiger partial charge in [-0.05, 0) is 12.1 Å². The van der Waals surface area contributed by atoms with E-state index in [0.717, 1.165) is 11.3 Å². The minimum Gasteiger partial charge on any atom is -0.496 e. The second-order valence-electron chi connectivity index (χ2n) is 4.28. The lowest BCUT2D eigenvalue weighted by atomic mass is 10.2. The number of ether oxygens (including phenoxy) is 1. The molecule has 4 nitrogen and oxygen atoms in total. The highest BCUT2D eigenvalue weighted by Crippen LogP contribution is 2.28. The van der Waals surface area contributed by atoms with E-state index in [1.807, 2.05) is 36.2 Å². The van der Waals surface area contributed by atoms with Gasteiger partial charge in [-0.2, -0.15) is 5.26 Å². The number of nitrogens with zero attached hydrogens (tertiary/aromatic N) is 3. The molecule has 0 fully saturated rings. The van der Waals surface area contributed by atoms with Gasteiger partial charge >= 0.3 is 0 Å². The normalized spacial score (nSPS) is 9.90. The summed E-state index contributed by atoms with van der Waals surface area (Å²) in [6.45, 7) is 0.589. The third-order valence-corrected chi connectivity index (χ3v) is 3.33. The zero-order chi connectivity index (χ0) is 14.5. The van der Waals surface area contributed by atoms with E-state index >= 15 is 0 Å². The predicted molar refractivity (Wildman–Crippen MR) is 79.1 cm³/mol. The highest BCUT2D eigenvalue weighted by atomic mass is 35.5. The smallest absolute Gasteiger partial charge is 0.148 e. The van der Waals surface area contributed by atoms with E-state index in [9.17, 15) is 0 Å². The lowest BCUT2D eigenvalue weighted by molar-refractivity contribution is 0.409. The number of halogens is 1. The number of hydrogen-bond donors (Lipinski definition) is 0. The third kappa shape index (κ3) is 2.84. The fourth-order valence-corrected chi connectivity index (χ4v) is 2.25. The van der Waals surface area contributed by atoms with E-state index in [1.165, 1.54) is 0 Å². The molecule has 0 saturated carbocycles. The molecule has 2 rings (SSSR count). The molecule has 0 unspecified atom stereocenters. The second-order valence-corrected chi connectivity index (χ2v) is 4.65. The second kappa shape index (κ2) is 6.27. The molecule has 0 aliphatic rings. The van der Waals surface area contributed by atoms with Crippen molar-refractivity contribution in [2.45, 2.75) is 6.54 Å². The Morgan fingerprint density at radius 3 is 2.80 bits per heavy atom. The van der Waals surface area contributed by atoms with E-state index in [1.54, 1.807) is 19.4 Å². The molecule has 1 heterocycles. The number of hydrogen-bond acceptors (Lipinski definition) is 4. The van der Waals surface area contributed by atoms with Gasteiger partial charge in [-0.3, -0.25) is 0 Å². The fraction of sp³-hybridized carbons (Fsp3) is 0.200. The molecule has 1 aromatic heterocycles. The van der Waals surface area contributed by atoms with Crippen molar-refractivity contribution in [3.8, 4) is 11.8 Å². The van der Waals surface area contributed by atoms with Crippen LogP contribution in [0.2, 0.25) is 5.02 Å². The number of anilines is 1. The van der Waals surface area contributed by atoms with Gasteiger partial charge < -0.3 is 9.64 Å². The molecule has 1 aromatic carbocycles. The molecule has 0 aliphatic heterocycles. The molecule has 0 amide bonds. The molecule has 0 aliphatic carbocycles. The van der Waals surface area contributed by atoms with E-state index in [-0.39, 0.29) is 0 Å². The van der Waals surface area contributed by atoms with Crippen LogP contribution in [0.4, 0.5) is 5.82 Å². The Morgan fingerprint density at radius 2 is 2.10 bits per heavy atom. The highest BCUT2D eigenvalue weighted by molar-refractivity contribution is 6.34. The first-order valence-electron chi connectivity index (χ1n) is 6.05. The number of para-hydroxylation sites is 1. The van der Waals surface area contributed by atoms with Gasteiger partial charge in [0.2, 0.25) is 0 Å². The summed E-state index contributed by atoms with van der Waals surface area (Å²) in [6, 6.07) is 11.4. The predicted octanol–water partition coefficient (Wildman–Crippen LogP) is 3.25. The van der Waals surface area contributed by atoms with Crippen molar-refractivity contribution in [1.82, 2.24) is 4.98 Å². The number of aromatic nitrogens is 1. The Bertz CT molecular complexity index is 652. The summed E-state index contributed by atoms with van der Waals surface area (Å²) < 4.78 is 5.32. The van der Waals surface area contributed by atoms with Gasteiger partial charge in [-0.15, -0.1) is 0 Å². The van der Waals surface area contributed by atoms with Gasteiger partial charge in [-0.1, -0.05) is 29.8 Å². The number of methoxy groups -OCH3 is 1. The Balaban J connectivity index is 2.29. The SMILES string of the molecule is COc1ccccc1CN(C)c1nccc(C#N)c1Cl. The Kier molecular flexibility index (Phi) is 4.44. The summed E-state index contributed by atoms with van der Waals surface area (Å²) in [5.41, 5.74) is 1.45. The van der Waals surface area contributed by atoms with Crippen LogP contribution in [0.15, 0.2) is 36.5 Å². The van der Waals surface area contributed by atoms with Crippen LogP contribution < -0.4 is 9.64 Å². The van der Waals surface area contributed by atoms with Gasteiger partial charge in [0.15, 0.2) is 0 Å². The molecule has 0 atom stereocenters. The standard InChI is InChI=1S/C15H14ClN3O/c1-19(10-12-5-3-4-6-13(12)20-2)15-14(16)11(9-17)7-8-18-15/h3-8H,10H2,1-2H3. The average molecular weight is 288 g/mol. The van der Waals surface area contributed by atoms with E-state index in [4.69, 9.17) is 21.6 Å². The molecule has 2 aromatic rings. The number of benzene rings is 1. The van der Waals surface area contributed by atoms with Crippen LogP contribution in [0.25, 0.3) is 0 Å². The van der Waals surface area contributed by atoms with Crippen LogP contribution in [-0.2, 0) is 6.54 Å². The molecule has 0 spiro atoms. The average Bonchev–Trinajstić information content (AvgIpc) is 2.48. The summed E-state index contributed by atoms with van der Waals surface area (Å²) in [4.78, 5) is 6.13. The van der Waals surface area contributed by atoms with Crippen molar-refractivity contribution < 1.29 is 4.74 Å². The minimum atomic E-state index is 0.368. The fourth-order valence-electron chi connectivity index (χ4n) is 1.95. The molecular weight excluding hydrogens is 274 g/mol. The minimum absolute atomic E-state index is 0.368. The quantitative estimate of drug-likeness (QED) is 0.866. The number of pyridine rings is 1. The maximum atomic E-state index is 9.00. The summed E-state index contributed by atoms with van der Waals surface area (Å²) in [7, 11) is 3.52. The lowest BCUT2D eigenvalue weighted by Gasteiger charge is -2.20. The molecular formula is C15H14ClN3O. The van der Waals surface area contributed by atoms with Crippen LogP contribution in [0.3, 0.4) is 0 Å². The molecule has 0 N–H and O–H groups in total. The maximum absolute atomic E-state index is 9.00. The summed E-state index contributed by atoms with van der Waals surface area (Å²) >= 11 is 6.19. The Hall–Kier alpha value is -2.25. The van der Waals surface area contributed by atoms with Gasteiger partial charge in [0.05, 0.1) is 12.7 Å². The van der Waals surface area contributed by atoms with Crippen molar-refractivity contribution in [3.63, 3.8) is 0 Å². The highest BCUT2D eigenvalue weighted by Gasteiger charge is 2.13. The monoisotopic (exact) mass is 287 g/mol. The van der Waals surface area contributed by atoms with Crippen LogP contribution in [-0.4, -0.2) is 19.1 Å². The van der Waals surface area contributed by atoms with E-state index in [2.05, 4.69) is 11.1 Å². The van der Waals surface area contributed by atoms with Crippen molar-refractivity contribution in [2.75, 3.05) is 19.1 Å². The molecule has 0 bridgehead atoms. The van der Waals surface area contributed by atoms with Crippen molar-refractivity contribution in [2.24, 2.45) is 0 Å². The van der Waals surface area contributed by atoms with Crippen molar-refractivity contribution >= 4 is 17.4 Å². The zero-order valence-electron chi connectivity index (χ0n) is 11.3.